The molecule has 5 aromatic rings. The molecule has 3 aromatic carbocycles. The van der Waals surface area contributed by atoms with E-state index in [1.807, 2.05) is 96.4 Å². The smallest absolute Gasteiger partial charge is 0.295 e. The highest BCUT2D eigenvalue weighted by Crippen LogP contribution is 2.42. The number of ether oxygens (including phenoxy) is 1. The molecule has 37 heavy (non-hydrogen) atoms. The summed E-state index contributed by atoms with van der Waals surface area (Å²) >= 11 is 1.51. The number of thiophene rings is 1. The van der Waals surface area contributed by atoms with Gasteiger partial charge in [-0.25, -0.2) is 0 Å². The maximum Gasteiger partial charge on any atom is 0.295 e. The van der Waals surface area contributed by atoms with Crippen LogP contribution in [0.3, 0.4) is 0 Å². The van der Waals surface area contributed by atoms with Crippen LogP contribution in [0, 0.1) is 0 Å². The fourth-order valence-electron chi connectivity index (χ4n) is 4.75. The topological polar surface area (TPSA) is 82.6 Å². The summed E-state index contributed by atoms with van der Waals surface area (Å²) in [4.78, 5) is 32.4. The number of likely N-dealkylation sites (tertiary alicyclic amines) is 1. The number of aromatic amines is 1. The average Bonchev–Trinajstić information content (AvgIpc) is 3.65. The van der Waals surface area contributed by atoms with Gasteiger partial charge in [-0.05, 0) is 47.3 Å². The molecule has 1 atom stereocenters. The number of rotatable bonds is 6. The molecule has 1 aliphatic heterocycles. The van der Waals surface area contributed by atoms with Crippen LogP contribution < -0.4 is 4.74 Å². The van der Waals surface area contributed by atoms with Crippen molar-refractivity contribution in [2.24, 2.45) is 0 Å². The maximum absolute atomic E-state index is 13.4. The molecule has 0 spiro atoms. The van der Waals surface area contributed by atoms with E-state index in [9.17, 15) is 14.7 Å². The molecule has 1 amide bonds. The lowest BCUT2D eigenvalue weighted by atomic mass is 9.95. The molecule has 2 N–H and O–H groups in total. The summed E-state index contributed by atoms with van der Waals surface area (Å²) in [6, 6.07) is 27.3. The Labute approximate surface area is 217 Å². The molecule has 6 rings (SSSR count). The van der Waals surface area contributed by atoms with Crippen LogP contribution in [0.15, 0.2) is 108 Å². The Hall–Kier alpha value is -4.62. The summed E-state index contributed by atoms with van der Waals surface area (Å²) < 4.78 is 6.03. The van der Waals surface area contributed by atoms with Crippen molar-refractivity contribution >= 4 is 39.7 Å². The number of aliphatic hydroxyl groups excluding tert-OH is 1. The number of Topliss-reactive ketones (excluding diaryl/α,β-unsaturated/α-hetero) is 1. The summed E-state index contributed by atoms with van der Waals surface area (Å²) in [7, 11) is 0. The Kier molecular flexibility index (Phi) is 5.82. The minimum Gasteiger partial charge on any atom is -0.507 e. The number of carbonyl (C=O) groups excluding carboxylic acids is 2. The number of fused-ring (bicyclic) bond motifs is 1. The lowest BCUT2D eigenvalue weighted by Gasteiger charge is -2.25. The molecule has 1 fully saturated rings. The van der Waals surface area contributed by atoms with Gasteiger partial charge in [-0.15, -0.1) is 11.3 Å². The van der Waals surface area contributed by atoms with Crippen LogP contribution in [0.25, 0.3) is 16.7 Å². The highest BCUT2D eigenvalue weighted by Gasteiger charge is 2.46. The van der Waals surface area contributed by atoms with E-state index < -0.39 is 17.7 Å². The van der Waals surface area contributed by atoms with Gasteiger partial charge in [0.2, 0.25) is 0 Å². The van der Waals surface area contributed by atoms with Gasteiger partial charge in [0, 0.05) is 27.5 Å². The predicted octanol–water partition coefficient (Wildman–Crippen LogP) is 6.64. The minimum atomic E-state index is -0.782. The van der Waals surface area contributed by atoms with E-state index in [1.165, 1.54) is 16.2 Å². The molecule has 1 unspecified atom stereocenters. The van der Waals surface area contributed by atoms with Crippen molar-refractivity contribution in [1.29, 1.82) is 0 Å². The molecule has 0 radical (unpaired) electrons. The Morgan fingerprint density at radius 1 is 0.919 bits per heavy atom. The number of nitrogens with zero attached hydrogens (tertiary/aromatic N) is 1. The summed E-state index contributed by atoms with van der Waals surface area (Å²) in [5.74, 6) is -0.319. The van der Waals surface area contributed by atoms with Crippen LogP contribution in [-0.2, 0) is 16.1 Å². The Bertz CT molecular complexity index is 1640. The van der Waals surface area contributed by atoms with Crippen molar-refractivity contribution in [1.82, 2.24) is 9.88 Å². The number of amides is 1. The molecule has 7 heteroatoms. The number of carbonyl (C=O) groups is 2. The molecule has 0 saturated carbocycles. The van der Waals surface area contributed by atoms with Crippen molar-refractivity contribution in [3.05, 3.63) is 124 Å². The first-order valence-corrected chi connectivity index (χ1v) is 12.7. The van der Waals surface area contributed by atoms with E-state index in [-0.39, 0.29) is 17.9 Å². The Balaban J connectivity index is 1.49. The third kappa shape index (κ3) is 4.19. The van der Waals surface area contributed by atoms with E-state index in [4.69, 9.17) is 4.74 Å². The lowest BCUT2D eigenvalue weighted by Crippen LogP contribution is -2.28. The number of aromatic nitrogens is 1. The van der Waals surface area contributed by atoms with Crippen LogP contribution in [0.1, 0.15) is 22.0 Å². The van der Waals surface area contributed by atoms with Gasteiger partial charge in [0.15, 0.2) is 0 Å². The molecular weight excluding hydrogens is 484 g/mol. The number of hydrogen-bond donors (Lipinski definition) is 2. The maximum atomic E-state index is 13.4. The third-order valence-electron chi connectivity index (χ3n) is 6.44. The zero-order valence-corrected chi connectivity index (χ0v) is 20.4. The summed E-state index contributed by atoms with van der Waals surface area (Å²) in [6.07, 6.45) is 1.67. The second kappa shape index (κ2) is 9.44. The molecule has 182 valence electrons. The van der Waals surface area contributed by atoms with Crippen molar-refractivity contribution < 1.29 is 19.4 Å². The second-order valence-electron chi connectivity index (χ2n) is 8.74. The van der Waals surface area contributed by atoms with Crippen LogP contribution in [-0.4, -0.2) is 26.7 Å². The van der Waals surface area contributed by atoms with Crippen LogP contribution in [0.2, 0.25) is 0 Å². The summed E-state index contributed by atoms with van der Waals surface area (Å²) in [5.41, 5.74) is 2.03. The van der Waals surface area contributed by atoms with E-state index in [0.29, 0.717) is 22.6 Å². The number of hydrogen-bond acceptors (Lipinski definition) is 5. The van der Waals surface area contributed by atoms with Crippen molar-refractivity contribution in [3.8, 4) is 11.5 Å². The van der Waals surface area contributed by atoms with Gasteiger partial charge >= 0.3 is 0 Å². The first-order chi connectivity index (χ1) is 18.1. The van der Waals surface area contributed by atoms with Crippen molar-refractivity contribution in [3.63, 3.8) is 0 Å². The Morgan fingerprint density at radius 2 is 1.70 bits per heavy atom. The Morgan fingerprint density at radius 3 is 2.51 bits per heavy atom. The third-order valence-corrected chi connectivity index (χ3v) is 7.30. The lowest BCUT2D eigenvalue weighted by molar-refractivity contribution is -0.140. The van der Waals surface area contributed by atoms with Gasteiger partial charge in [0.1, 0.15) is 17.3 Å². The molecule has 0 bridgehead atoms. The van der Waals surface area contributed by atoms with Crippen LogP contribution in [0.4, 0.5) is 0 Å². The van der Waals surface area contributed by atoms with Gasteiger partial charge in [0.25, 0.3) is 11.7 Å². The molecular formula is C30H22N2O4S. The standard InChI is InChI=1S/C30H22N2O4S/c33-28(24-17-31-25-14-5-4-13-23(24)25)26-27(32(30(35)29(26)34)18-22-12-7-15-37-22)19-8-6-11-21(16-19)36-20-9-2-1-3-10-20/h1-17,27,31,33H,18H2/b28-26-. The van der Waals surface area contributed by atoms with E-state index >= 15 is 0 Å². The van der Waals surface area contributed by atoms with Gasteiger partial charge in [-0.3, -0.25) is 9.59 Å². The van der Waals surface area contributed by atoms with E-state index in [0.717, 1.165) is 15.8 Å². The SMILES string of the molecule is O=C1C(=O)N(Cc2cccs2)C(c2cccc(Oc3ccccc3)c2)/C1=C(/O)c1c[nH]c2ccccc12. The number of benzene rings is 3. The van der Waals surface area contributed by atoms with E-state index in [1.54, 1.807) is 6.20 Å². The molecule has 2 aromatic heterocycles. The van der Waals surface area contributed by atoms with Crippen molar-refractivity contribution in [2.45, 2.75) is 12.6 Å². The van der Waals surface area contributed by atoms with Gasteiger partial charge in [-0.2, -0.15) is 0 Å². The highest BCUT2D eigenvalue weighted by molar-refractivity contribution is 7.09. The molecule has 1 aliphatic rings. The minimum absolute atomic E-state index is 0.0585. The number of H-pyrrole nitrogens is 1. The molecule has 6 nitrogen and oxygen atoms in total. The molecule has 3 heterocycles. The van der Waals surface area contributed by atoms with E-state index in [2.05, 4.69) is 4.98 Å². The summed E-state index contributed by atoms with van der Waals surface area (Å²) in [5, 5.41) is 14.2. The normalized spacial score (nSPS) is 17.0. The van der Waals surface area contributed by atoms with Gasteiger partial charge in [0.05, 0.1) is 18.2 Å². The largest absolute Gasteiger partial charge is 0.507 e. The number of ketones is 1. The van der Waals surface area contributed by atoms with Crippen LogP contribution >= 0.6 is 11.3 Å². The predicted molar refractivity (Wildman–Crippen MR) is 143 cm³/mol. The van der Waals surface area contributed by atoms with Gasteiger partial charge < -0.3 is 19.7 Å². The first kappa shape index (κ1) is 22.8. The first-order valence-electron chi connectivity index (χ1n) is 11.8. The molecule has 0 aliphatic carbocycles. The quantitative estimate of drug-likeness (QED) is 0.154. The second-order valence-corrected chi connectivity index (χ2v) is 9.77. The van der Waals surface area contributed by atoms with Crippen molar-refractivity contribution in [2.75, 3.05) is 0 Å². The highest BCUT2D eigenvalue weighted by atomic mass is 32.1. The average molecular weight is 507 g/mol. The fraction of sp³-hybridized carbons (Fsp3) is 0.0667. The van der Waals surface area contributed by atoms with Gasteiger partial charge in [-0.1, -0.05) is 54.6 Å². The number of para-hydroxylation sites is 2. The number of nitrogens with one attached hydrogen (secondary N) is 1. The zero-order chi connectivity index (χ0) is 25.4. The fourth-order valence-corrected chi connectivity index (χ4v) is 5.45. The monoisotopic (exact) mass is 506 g/mol. The van der Waals surface area contributed by atoms with Crippen LogP contribution in [0.5, 0.6) is 11.5 Å². The summed E-state index contributed by atoms with van der Waals surface area (Å²) in [6.45, 7) is 0.251. The zero-order valence-electron chi connectivity index (χ0n) is 19.6. The number of aliphatic hydroxyl groups is 1. The molecule has 1 saturated heterocycles.